The van der Waals surface area contributed by atoms with Crippen molar-refractivity contribution < 1.29 is 9.84 Å². The van der Waals surface area contributed by atoms with Gasteiger partial charge in [-0.15, -0.1) is 0 Å². The lowest BCUT2D eigenvalue weighted by Gasteiger charge is -2.29. The van der Waals surface area contributed by atoms with Gasteiger partial charge in [-0.2, -0.15) is 0 Å². The highest BCUT2D eigenvalue weighted by molar-refractivity contribution is 4.92. The topological polar surface area (TPSA) is 41.5 Å². The third-order valence-electron chi connectivity index (χ3n) is 4.32. The third-order valence-corrected chi connectivity index (χ3v) is 4.32. The van der Waals surface area contributed by atoms with Gasteiger partial charge < -0.3 is 15.2 Å². The molecule has 2 saturated carbocycles. The predicted octanol–water partition coefficient (Wildman–Crippen LogP) is 2.48. The van der Waals surface area contributed by atoms with Crippen LogP contribution in [0.4, 0.5) is 0 Å². The van der Waals surface area contributed by atoms with Crippen molar-refractivity contribution in [1.29, 1.82) is 0 Å². The lowest BCUT2D eigenvalue weighted by Crippen LogP contribution is -2.47. The number of rotatable bonds is 9. The minimum absolute atomic E-state index is 0.0993. The van der Waals surface area contributed by atoms with Crippen molar-refractivity contribution in [2.75, 3.05) is 19.8 Å². The van der Waals surface area contributed by atoms with Crippen LogP contribution < -0.4 is 5.32 Å². The largest absolute Gasteiger partial charge is 0.394 e. The first kappa shape index (κ1) is 14.3. The van der Waals surface area contributed by atoms with E-state index < -0.39 is 0 Å². The van der Waals surface area contributed by atoms with E-state index in [-0.39, 0.29) is 12.1 Å². The first-order valence-corrected chi connectivity index (χ1v) is 7.68. The van der Waals surface area contributed by atoms with Gasteiger partial charge in [0.1, 0.15) is 0 Å². The molecule has 0 amide bonds. The Labute approximate surface area is 111 Å². The Hall–Kier alpha value is -0.120. The molecule has 0 aromatic rings. The number of hydrogen-bond donors (Lipinski definition) is 2. The smallest absolute Gasteiger partial charge is 0.0610 e. The Morgan fingerprint density at radius 1 is 1.22 bits per heavy atom. The second-order valence-electron chi connectivity index (χ2n) is 6.47. The molecular weight excluding hydrogens is 226 g/mol. The van der Waals surface area contributed by atoms with Crippen LogP contribution in [0.5, 0.6) is 0 Å². The highest BCUT2D eigenvalue weighted by Crippen LogP contribution is 2.26. The first-order valence-electron chi connectivity index (χ1n) is 7.68. The molecule has 2 aliphatic carbocycles. The molecular formula is C15H29NO2. The van der Waals surface area contributed by atoms with Crippen LogP contribution in [0.15, 0.2) is 0 Å². The maximum Gasteiger partial charge on any atom is 0.0610 e. The molecule has 106 valence electrons. The zero-order chi connectivity index (χ0) is 12.8. The molecule has 2 fully saturated rings. The summed E-state index contributed by atoms with van der Waals surface area (Å²) < 4.78 is 5.77. The Morgan fingerprint density at radius 3 is 2.56 bits per heavy atom. The summed E-state index contributed by atoms with van der Waals surface area (Å²) in [6.45, 7) is 4.15. The zero-order valence-electron chi connectivity index (χ0n) is 11.8. The Morgan fingerprint density at radius 2 is 1.94 bits per heavy atom. The lowest BCUT2D eigenvalue weighted by atomic mass is 9.97. The van der Waals surface area contributed by atoms with Gasteiger partial charge in [0, 0.05) is 24.8 Å². The summed E-state index contributed by atoms with van der Waals surface area (Å²) in [7, 11) is 0. The number of aliphatic hydroxyl groups is 1. The SMILES string of the molecule is CC(CO)(CCCOCC1CCCC1)NC1CC1. The van der Waals surface area contributed by atoms with Crippen LogP contribution in [0.1, 0.15) is 58.3 Å². The van der Waals surface area contributed by atoms with Gasteiger partial charge in [0.15, 0.2) is 0 Å². The summed E-state index contributed by atoms with van der Waals surface area (Å²) in [6, 6.07) is 0.654. The summed E-state index contributed by atoms with van der Waals surface area (Å²) in [5, 5.41) is 13.0. The molecule has 3 nitrogen and oxygen atoms in total. The van der Waals surface area contributed by atoms with Gasteiger partial charge in [0.25, 0.3) is 0 Å². The summed E-state index contributed by atoms with van der Waals surface area (Å²) in [6.07, 6.45) is 10.1. The maximum atomic E-state index is 9.49. The highest BCUT2D eigenvalue weighted by atomic mass is 16.5. The molecule has 1 unspecified atom stereocenters. The number of aliphatic hydroxyl groups excluding tert-OH is 1. The minimum Gasteiger partial charge on any atom is -0.394 e. The average Bonchev–Trinajstić information content (AvgIpc) is 3.01. The Kier molecular flexibility index (Phi) is 5.46. The molecule has 0 aromatic heterocycles. The van der Waals surface area contributed by atoms with Crippen LogP contribution in [-0.4, -0.2) is 36.5 Å². The van der Waals surface area contributed by atoms with Gasteiger partial charge in [-0.05, 0) is 51.4 Å². The molecule has 1 atom stereocenters. The second-order valence-corrected chi connectivity index (χ2v) is 6.47. The van der Waals surface area contributed by atoms with Gasteiger partial charge in [0.2, 0.25) is 0 Å². The monoisotopic (exact) mass is 255 g/mol. The van der Waals surface area contributed by atoms with Gasteiger partial charge in [-0.25, -0.2) is 0 Å². The Bertz CT molecular complexity index is 237. The molecule has 2 N–H and O–H groups in total. The molecule has 0 bridgehead atoms. The van der Waals surface area contributed by atoms with Crippen molar-refractivity contribution >= 4 is 0 Å². The number of nitrogens with one attached hydrogen (secondary N) is 1. The second kappa shape index (κ2) is 6.88. The van der Waals surface area contributed by atoms with Crippen molar-refractivity contribution in [2.45, 2.75) is 69.9 Å². The summed E-state index contributed by atoms with van der Waals surface area (Å²) in [4.78, 5) is 0. The van der Waals surface area contributed by atoms with Crippen LogP contribution in [0, 0.1) is 5.92 Å². The van der Waals surface area contributed by atoms with Crippen molar-refractivity contribution in [2.24, 2.45) is 5.92 Å². The third kappa shape index (κ3) is 4.87. The molecule has 3 heteroatoms. The standard InChI is InChI=1S/C15H29NO2/c1-15(12-17,16-14-7-8-14)9-4-10-18-11-13-5-2-3-6-13/h13-14,16-17H,2-12H2,1H3. The van der Waals surface area contributed by atoms with E-state index >= 15 is 0 Å². The van der Waals surface area contributed by atoms with Crippen LogP contribution in [0.3, 0.4) is 0 Å². The molecule has 0 saturated heterocycles. The lowest BCUT2D eigenvalue weighted by molar-refractivity contribution is 0.0861. The van der Waals surface area contributed by atoms with E-state index in [1.807, 2.05) is 0 Å². The van der Waals surface area contributed by atoms with Gasteiger partial charge in [0.05, 0.1) is 6.61 Å². The molecule has 18 heavy (non-hydrogen) atoms. The van der Waals surface area contributed by atoms with E-state index in [2.05, 4.69) is 12.2 Å². The van der Waals surface area contributed by atoms with Crippen LogP contribution in [-0.2, 0) is 4.74 Å². The van der Waals surface area contributed by atoms with Crippen LogP contribution in [0.25, 0.3) is 0 Å². The van der Waals surface area contributed by atoms with Crippen LogP contribution >= 0.6 is 0 Å². The van der Waals surface area contributed by atoms with E-state index in [4.69, 9.17) is 4.74 Å². The fraction of sp³-hybridized carbons (Fsp3) is 1.00. The summed E-state index contributed by atoms with van der Waals surface area (Å²) in [5.74, 6) is 0.818. The quantitative estimate of drug-likeness (QED) is 0.622. The molecule has 0 spiro atoms. The van der Waals surface area contributed by atoms with Crippen molar-refractivity contribution in [1.82, 2.24) is 5.32 Å². The molecule has 2 aliphatic rings. The van der Waals surface area contributed by atoms with E-state index in [0.717, 1.165) is 32.0 Å². The highest BCUT2D eigenvalue weighted by Gasteiger charge is 2.31. The van der Waals surface area contributed by atoms with E-state index in [9.17, 15) is 5.11 Å². The maximum absolute atomic E-state index is 9.49. The molecule has 0 radical (unpaired) electrons. The predicted molar refractivity (Wildman–Crippen MR) is 73.7 cm³/mol. The minimum atomic E-state index is -0.0993. The fourth-order valence-electron chi connectivity index (χ4n) is 2.91. The van der Waals surface area contributed by atoms with E-state index in [0.29, 0.717) is 6.04 Å². The number of ether oxygens (including phenoxy) is 1. The summed E-state index contributed by atoms with van der Waals surface area (Å²) in [5.41, 5.74) is -0.0993. The van der Waals surface area contributed by atoms with E-state index in [1.54, 1.807) is 0 Å². The normalized spacial score (nSPS) is 24.3. The van der Waals surface area contributed by atoms with Gasteiger partial charge in [-0.1, -0.05) is 12.8 Å². The Balaban J connectivity index is 1.52. The first-order chi connectivity index (χ1) is 8.72. The molecule has 0 aromatic carbocycles. The van der Waals surface area contributed by atoms with Crippen molar-refractivity contribution in [3.63, 3.8) is 0 Å². The van der Waals surface area contributed by atoms with Crippen molar-refractivity contribution in [3.8, 4) is 0 Å². The molecule has 0 heterocycles. The van der Waals surface area contributed by atoms with Crippen molar-refractivity contribution in [3.05, 3.63) is 0 Å². The average molecular weight is 255 g/mol. The van der Waals surface area contributed by atoms with Crippen LogP contribution in [0.2, 0.25) is 0 Å². The molecule has 2 rings (SSSR count). The van der Waals surface area contributed by atoms with Gasteiger partial charge >= 0.3 is 0 Å². The fourth-order valence-corrected chi connectivity index (χ4v) is 2.91. The molecule has 0 aliphatic heterocycles. The van der Waals surface area contributed by atoms with Gasteiger partial charge in [-0.3, -0.25) is 0 Å². The zero-order valence-corrected chi connectivity index (χ0v) is 11.8. The van der Waals surface area contributed by atoms with E-state index in [1.165, 1.54) is 38.5 Å². The summed E-state index contributed by atoms with van der Waals surface area (Å²) >= 11 is 0. The number of hydrogen-bond acceptors (Lipinski definition) is 3.